The average molecular weight is 386 g/mol. The standard InChI is InChI=1S/C22H23NO3.ClH/c1-15(22(25)26-13-12-23(2)3)17-10-11-20-18(14-17)9-8-16-6-4-5-7-19(16)21(20)24;/h4-11,14-15H,12-13H2,1-3H3;1H. The molecule has 0 fully saturated rings. The van der Waals surface area contributed by atoms with Crippen molar-refractivity contribution in [1.29, 1.82) is 0 Å². The highest BCUT2D eigenvalue weighted by Gasteiger charge is 2.17. The van der Waals surface area contributed by atoms with Crippen molar-refractivity contribution in [3.8, 4) is 0 Å². The molecule has 0 N–H and O–H groups in total. The molecule has 0 saturated carbocycles. The summed E-state index contributed by atoms with van der Waals surface area (Å²) < 4.78 is 5.34. The molecule has 0 aromatic heterocycles. The molecule has 0 amide bonds. The van der Waals surface area contributed by atoms with E-state index in [4.69, 9.17) is 4.74 Å². The minimum Gasteiger partial charge on any atom is -0.464 e. The minimum atomic E-state index is -0.378. The number of nitrogens with zero attached hydrogens (tertiary/aromatic N) is 1. The van der Waals surface area contributed by atoms with Gasteiger partial charge >= 0.3 is 5.97 Å². The van der Waals surface area contributed by atoms with Crippen molar-refractivity contribution in [2.45, 2.75) is 12.8 Å². The molecule has 0 saturated heterocycles. The van der Waals surface area contributed by atoms with Crippen molar-refractivity contribution in [2.75, 3.05) is 27.2 Å². The van der Waals surface area contributed by atoms with E-state index >= 15 is 0 Å². The smallest absolute Gasteiger partial charge is 0.313 e. The highest BCUT2D eigenvalue weighted by molar-refractivity contribution is 5.94. The number of benzene rings is 2. The van der Waals surface area contributed by atoms with E-state index in [-0.39, 0.29) is 29.7 Å². The largest absolute Gasteiger partial charge is 0.464 e. The number of carbonyl (C=O) groups is 1. The van der Waals surface area contributed by atoms with Crippen LogP contribution in [0.2, 0.25) is 0 Å². The van der Waals surface area contributed by atoms with Crippen LogP contribution in [0.3, 0.4) is 0 Å². The number of esters is 1. The Morgan fingerprint density at radius 2 is 1.67 bits per heavy atom. The Bertz CT molecular complexity index is 1020. The minimum absolute atomic E-state index is 0. The van der Waals surface area contributed by atoms with Crippen molar-refractivity contribution >= 4 is 39.9 Å². The first-order chi connectivity index (χ1) is 12.5. The Morgan fingerprint density at radius 3 is 2.41 bits per heavy atom. The Morgan fingerprint density at radius 1 is 1.00 bits per heavy atom. The van der Waals surface area contributed by atoms with E-state index in [1.807, 2.05) is 80.5 Å². The fourth-order valence-corrected chi connectivity index (χ4v) is 2.96. The molecule has 0 aliphatic rings. The molecule has 4 nitrogen and oxygen atoms in total. The molecular weight excluding hydrogens is 362 g/mol. The second-order valence-electron chi connectivity index (χ2n) is 6.79. The topological polar surface area (TPSA) is 46.6 Å². The van der Waals surface area contributed by atoms with Gasteiger partial charge in [0.2, 0.25) is 0 Å². The van der Waals surface area contributed by atoms with Gasteiger partial charge in [-0.25, -0.2) is 0 Å². The molecule has 0 heterocycles. The van der Waals surface area contributed by atoms with Crippen LogP contribution in [0.15, 0.2) is 59.4 Å². The quantitative estimate of drug-likeness (QED) is 0.623. The van der Waals surface area contributed by atoms with Gasteiger partial charge in [-0.3, -0.25) is 9.59 Å². The lowest BCUT2D eigenvalue weighted by molar-refractivity contribution is -0.145. The van der Waals surface area contributed by atoms with E-state index < -0.39 is 0 Å². The summed E-state index contributed by atoms with van der Waals surface area (Å²) in [6, 6.07) is 17.0. The van der Waals surface area contributed by atoms with Gasteiger partial charge in [0.15, 0.2) is 5.43 Å². The number of hydrogen-bond donors (Lipinski definition) is 0. The molecule has 0 bridgehead atoms. The Labute approximate surface area is 165 Å². The Hall–Kier alpha value is -2.43. The van der Waals surface area contributed by atoms with Crippen LogP contribution in [0.5, 0.6) is 0 Å². The number of ether oxygens (including phenoxy) is 1. The maximum atomic E-state index is 12.8. The van der Waals surface area contributed by atoms with Gasteiger partial charge in [0.25, 0.3) is 0 Å². The summed E-state index contributed by atoms with van der Waals surface area (Å²) in [5.74, 6) is -0.629. The number of carbonyl (C=O) groups excluding carboxylic acids is 1. The van der Waals surface area contributed by atoms with Gasteiger partial charge in [-0.05, 0) is 37.4 Å². The fraction of sp³-hybridized carbons (Fsp3) is 0.273. The first-order valence-corrected chi connectivity index (χ1v) is 8.74. The summed E-state index contributed by atoms with van der Waals surface area (Å²) in [5.41, 5.74) is 0.857. The van der Waals surface area contributed by atoms with Gasteiger partial charge in [0.1, 0.15) is 6.61 Å². The number of hydrogen-bond acceptors (Lipinski definition) is 4. The lowest BCUT2D eigenvalue weighted by Crippen LogP contribution is -2.22. The van der Waals surface area contributed by atoms with E-state index in [2.05, 4.69) is 0 Å². The van der Waals surface area contributed by atoms with Crippen LogP contribution in [0.1, 0.15) is 18.4 Å². The molecule has 3 rings (SSSR count). The van der Waals surface area contributed by atoms with Crippen molar-refractivity contribution in [3.63, 3.8) is 0 Å². The zero-order valence-electron chi connectivity index (χ0n) is 15.8. The molecule has 142 valence electrons. The first kappa shape index (κ1) is 20.9. The Kier molecular flexibility index (Phi) is 6.94. The SMILES string of the molecule is CC(C(=O)OCCN(C)C)c1ccc2c(=O)c3ccccc3ccc2c1.Cl. The van der Waals surface area contributed by atoms with Crippen molar-refractivity contribution in [3.05, 3.63) is 70.4 Å². The number of rotatable bonds is 5. The highest BCUT2D eigenvalue weighted by atomic mass is 35.5. The number of fused-ring (bicyclic) bond motifs is 2. The van der Waals surface area contributed by atoms with Gasteiger partial charge in [-0.2, -0.15) is 0 Å². The molecule has 0 aliphatic heterocycles. The van der Waals surface area contributed by atoms with E-state index in [1.54, 1.807) is 0 Å². The van der Waals surface area contributed by atoms with Gasteiger partial charge in [-0.1, -0.05) is 54.6 Å². The third-order valence-corrected chi connectivity index (χ3v) is 4.60. The van der Waals surface area contributed by atoms with E-state index in [0.717, 1.165) is 16.3 Å². The predicted molar refractivity (Wildman–Crippen MR) is 113 cm³/mol. The molecule has 3 aromatic carbocycles. The monoisotopic (exact) mass is 385 g/mol. The summed E-state index contributed by atoms with van der Waals surface area (Å²) in [6.07, 6.45) is 0. The van der Waals surface area contributed by atoms with Crippen molar-refractivity contribution in [2.24, 2.45) is 0 Å². The average Bonchev–Trinajstić information content (AvgIpc) is 2.78. The predicted octanol–water partition coefficient (Wildman–Crippen LogP) is 3.98. The molecule has 1 unspecified atom stereocenters. The lowest BCUT2D eigenvalue weighted by atomic mass is 9.98. The summed E-state index contributed by atoms with van der Waals surface area (Å²) >= 11 is 0. The van der Waals surface area contributed by atoms with Crippen LogP contribution in [0, 0.1) is 0 Å². The normalized spacial score (nSPS) is 12.0. The molecule has 0 spiro atoms. The van der Waals surface area contributed by atoms with Crippen LogP contribution in [-0.2, 0) is 9.53 Å². The van der Waals surface area contributed by atoms with Crippen LogP contribution >= 0.6 is 12.4 Å². The summed E-state index contributed by atoms with van der Waals surface area (Å²) in [6.45, 7) is 2.89. The second kappa shape index (κ2) is 8.98. The number of likely N-dealkylation sites (N-methyl/N-ethyl adjacent to an activating group) is 1. The van der Waals surface area contributed by atoms with E-state index in [1.165, 1.54) is 0 Å². The molecule has 1 atom stereocenters. The lowest BCUT2D eigenvalue weighted by Gasteiger charge is -2.14. The maximum Gasteiger partial charge on any atom is 0.313 e. The molecule has 5 heteroatoms. The Balaban J connectivity index is 0.00000261. The van der Waals surface area contributed by atoms with Crippen LogP contribution < -0.4 is 5.43 Å². The van der Waals surface area contributed by atoms with E-state index in [0.29, 0.717) is 23.9 Å². The van der Waals surface area contributed by atoms with Crippen LogP contribution in [-0.4, -0.2) is 38.1 Å². The second-order valence-corrected chi connectivity index (χ2v) is 6.79. The first-order valence-electron chi connectivity index (χ1n) is 8.74. The van der Waals surface area contributed by atoms with Crippen molar-refractivity contribution in [1.82, 2.24) is 4.90 Å². The maximum absolute atomic E-state index is 12.8. The summed E-state index contributed by atoms with van der Waals surface area (Å²) in [7, 11) is 3.87. The molecule has 27 heavy (non-hydrogen) atoms. The molecular formula is C22H24ClNO3. The number of halogens is 1. The van der Waals surface area contributed by atoms with Gasteiger partial charge in [0.05, 0.1) is 5.92 Å². The zero-order valence-corrected chi connectivity index (χ0v) is 16.6. The van der Waals surface area contributed by atoms with E-state index in [9.17, 15) is 9.59 Å². The highest BCUT2D eigenvalue weighted by Crippen LogP contribution is 2.22. The third kappa shape index (κ3) is 4.65. The van der Waals surface area contributed by atoms with Crippen LogP contribution in [0.4, 0.5) is 0 Å². The van der Waals surface area contributed by atoms with Crippen molar-refractivity contribution < 1.29 is 9.53 Å². The molecule has 3 aromatic rings. The molecule has 0 aliphatic carbocycles. The van der Waals surface area contributed by atoms with Gasteiger partial charge in [-0.15, -0.1) is 12.4 Å². The summed E-state index contributed by atoms with van der Waals surface area (Å²) in [5, 5.41) is 3.09. The fourth-order valence-electron chi connectivity index (χ4n) is 2.96. The van der Waals surface area contributed by atoms with Gasteiger partial charge < -0.3 is 9.64 Å². The third-order valence-electron chi connectivity index (χ3n) is 4.60. The van der Waals surface area contributed by atoms with Gasteiger partial charge in [0, 0.05) is 17.3 Å². The molecule has 0 radical (unpaired) electrons. The summed E-state index contributed by atoms with van der Waals surface area (Å²) in [4.78, 5) is 27.1. The van der Waals surface area contributed by atoms with Crippen LogP contribution in [0.25, 0.3) is 21.5 Å². The zero-order chi connectivity index (χ0) is 18.7.